The molecule has 1 amide bonds. The summed E-state index contributed by atoms with van der Waals surface area (Å²) < 4.78 is 0. The van der Waals surface area contributed by atoms with Crippen molar-refractivity contribution in [1.82, 2.24) is 0 Å². The standard InChI is InChI=1S/C22H16ClNO3/c23-14-7-9-18-17(10-14)22(27,21(26)24-18)11-19(25)15-8-6-13-5-4-12-2-1-3-16(15)20(12)13/h1-3,6-10,27H,4-5,11H2,(H,24,26)/t22-/m0/s1. The number of amides is 1. The average Bonchev–Trinajstić information content (AvgIpc) is 3.17. The molecule has 3 aromatic rings. The summed E-state index contributed by atoms with van der Waals surface area (Å²) in [7, 11) is 0. The van der Waals surface area contributed by atoms with Gasteiger partial charge in [0, 0.05) is 21.8 Å². The first-order chi connectivity index (χ1) is 13.0. The number of carbonyl (C=O) groups is 2. The number of hydrogen-bond acceptors (Lipinski definition) is 3. The van der Waals surface area contributed by atoms with Gasteiger partial charge in [-0.15, -0.1) is 0 Å². The minimum absolute atomic E-state index is 0.268. The van der Waals surface area contributed by atoms with Crippen molar-refractivity contribution in [2.24, 2.45) is 0 Å². The van der Waals surface area contributed by atoms with Crippen molar-refractivity contribution >= 4 is 39.8 Å². The van der Waals surface area contributed by atoms with Crippen LogP contribution >= 0.6 is 11.6 Å². The van der Waals surface area contributed by atoms with Crippen molar-refractivity contribution < 1.29 is 14.7 Å². The van der Waals surface area contributed by atoms with Gasteiger partial charge in [-0.2, -0.15) is 0 Å². The topological polar surface area (TPSA) is 66.4 Å². The predicted molar refractivity (Wildman–Crippen MR) is 104 cm³/mol. The van der Waals surface area contributed by atoms with E-state index in [2.05, 4.69) is 11.4 Å². The molecule has 1 heterocycles. The zero-order valence-corrected chi connectivity index (χ0v) is 15.1. The largest absolute Gasteiger partial charge is 0.375 e. The van der Waals surface area contributed by atoms with Gasteiger partial charge in [-0.3, -0.25) is 9.59 Å². The molecule has 134 valence electrons. The van der Waals surface area contributed by atoms with Gasteiger partial charge in [-0.25, -0.2) is 0 Å². The van der Waals surface area contributed by atoms with Crippen molar-refractivity contribution in [1.29, 1.82) is 0 Å². The van der Waals surface area contributed by atoms with Crippen LogP contribution in [0.1, 0.15) is 33.5 Å². The summed E-state index contributed by atoms with van der Waals surface area (Å²) in [6, 6.07) is 14.6. The van der Waals surface area contributed by atoms with Crippen LogP contribution in [0.5, 0.6) is 0 Å². The Balaban J connectivity index is 1.59. The molecular formula is C22H16ClNO3. The molecular weight excluding hydrogens is 362 g/mol. The summed E-state index contributed by atoms with van der Waals surface area (Å²) in [5.41, 5.74) is 1.94. The third kappa shape index (κ3) is 2.34. The normalized spacial score (nSPS) is 20.0. The van der Waals surface area contributed by atoms with Gasteiger partial charge < -0.3 is 10.4 Å². The van der Waals surface area contributed by atoms with Gasteiger partial charge >= 0.3 is 0 Å². The molecule has 0 aromatic heterocycles. The van der Waals surface area contributed by atoms with Crippen LogP contribution in [-0.2, 0) is 23.2 Å². The lowest BCUT2D eigenvalue weighted by atomic mass is 9.86. The summed E-state index contributed by atoms with van der Waals surface area (Å²) >= 11 is 6.04. The lowest BCUT2D eigenvalue weighted by Gasteiger charge is -2.20. The number of ketones is 1. The van der Waals surface area contributed by atoms with Crippen LogP contribution < -0.4 is 5.32 Å². The molecule has 0 radical (unpaired) electrons. The number of hydrogen-bond donors (Lipinski definition) is 2. The van der Waals surface area contributed by atoms with Crippen LogP contribution in [0.15, 0.2) is 48.5 Å². The fourth-order valence-electron chi connectivity index (χ4n) is 4.31. The molecule has 5 heteroatoms. The summed E-state index contributed by atoms with van der Waals surface area (Å²) in [5, 5.41) is 16.1. The molecule has 0 unspecified atom stereocenters. The lowest BCUT2D eigenvalue weighted by molar-refractivity contribution is -0.133. The predicted octanol–water partition coefficient (Wildman–Crippen LogP) is 4.00. The Morgan fingerprint density at radius 2 is 1.89 bits per heavy atom. The van der Waals surface area contributed by atoms with E-state index in [0.29, 0.717) is 21.8 Å². The third-order valence-electron chi connectivity index (χ3n) is 5.64. The van der Waals surface area contributed by atoms with Crippen molar-refractivity contribution in [3.63, 3.8) is 0 Å². The Hall–Kier alpha value is -2.69. The third-order valence-corrected chi connectivity index (χ3v) is 5.88. The number of carbonyl (C=O) groups excluding carboxylic acids is 2. The number of fused-ring (bicyclic) bond motifs is 1. The molecule has 4 nitrogen and oxygen atoms in total. The Bertz CT molecular complexity index is 1140. The fourth-order valence-corrected chi connectivity index (χ4v) is 4.48. The van der Waals surface area contributed by atoms with Gasteiger partial charge in [0.05, 0.1) is 6.42 Å². The molecule has 0 saturated heterocycles. The minimum Gasteiger partial charge on any atom is -0.375 e. The molecule has 27 heavy (non-hydrogen) atoms. The fraction of sp³-hybridized carbons (Fsp3) is 0.182. The minimum atomic E-state index is -1.92. The second kappa shape index (κ2) is 5.65. The number of Topliss-reactive ketones (excluding diaryl/α,β-unsaturated/α-hetero) is 1. The second-order valence-corrected chi connectivity index (χ2v) is 7.65. The number of benzene rings is 3. The summed E-state index contributed by atoms with van der Waals surface area (Å²) in [6.45, 7) is 0. The number of aryl methyl sites for hydroxylation is 2. The summed E-state index contributed by atoms with van der Waals surface area (Å²) in [6.07, 6.45) is 1.62. The summed E-state index contributed by atoms with van der Waals surface area (Å²) in [4.78, 5) is 25.6. The molecule has 3 aromatic carbocycles. The van der Waals surface area contributed by atoms with E-state index in [9.17, 15) is 14.7 Å². The first-order valence-corrected chi connectivity index (χ1v) is 9.26. The van der Waals surface area contributed by atoms with Gasteiger partial charge in [0.15, 0.2) is 11.4 Å². The SMILES string of the molecule is O=C(C[C@@]1(O)C(=O)Nc2ccc(Cl)cc21)c1ccc2c3c(cccc13)CC2. The average molecular weight is 378 g/mol. The van der Waals surface area contributed by atoms with Crippen LogP contribution in [0.2, 0.25) is 5.02 Å². The van der Waals surface area contributed by atoms with Crippen LogP contribution in [0.4, 0.5) is 5.69 Å². The maximum Gasteiger partial charge on any atom is 0.261 e. The Labute approximate surface area is 160 Å². The van der Waals surface area contributed by atoms with E-state index in [1.54, 1.807) is 12.1 Å². The number of halogens is 1. The van der Waals surface area contributed by atoms with Crippen molar-refractivity contribution in [2.75, 3.05) is 5.32 Å². The molecule has 1 atom stereocenters. The molecule has 1 aliphatic carbocycles. The molecule has 0 saturated carbocycles. The maximum absolute atomic E-state index is 13.1. The first kappa shape index (κ1) is 16.5. The monoisotopic (exact) mass is 377 g/mol. The van der Waals surface area contributed by atoms with E-state index in [1.165, 1.54) is 17.2 Å². The molecule has 2 aliphatic rings. The Kier molecular flexibility index (Phi) is 3.45. The zero-order valence-electron chi connectivity index (χ0n) is 14.4. The smallest absolute Gasteiger partial charge is 0.261 e. The quantitative estimate of drug-likeness (QED) is 0.678. The molecule has 0 bridgehead atoms. The number of nitrogens with one attached hydrogen (secondary N) is 1. The van der Waals surface area contributed by atoms with E-state index >= 15 is 0 Å². The van der Waals surface area contributed by atoms with Gasteiger partial charge in [0.25, 0.3) is 5.91 Å². The van der Waals surface area contributed by atoms with E-state index in [4.69, 9.17) is 11.6 Å². The van der Waals surface area contributed by atoms with Gasteiger partial charge in [0.1, 0.15) is 0 Å². The maximum atomic E-state index is 13.1. The van der Waals surface area contributed by atoms with Gasteiger partial charge in [-0.1, -0.05) is 41.9 Å². The first-order valence-electron chi connectivity index (χ1n) is 8.88. The summed E-state index contributed by atoms with van der Waals surface area (Å²) in [5.74, 6) is -0.866. The zero-order chi connectivity index (χ0) is 18.8. The van der Waals surface area contributed by atoms with Crippen molar-refractivity contribution in [2.45, 2.75) is 24.9 Å². The molecule has 0 fully saturated rings. The van der Waals surface area contributed by atoms with E-state index in [-0.39, 0.29) is 12.2 Å². The Morgan fingerprint density at radius 1 is 1.11 bits per heavy atom. The highest BCUT2D eigenvalue weighted by molar-refractivity contribution is 6.31. The highest BCUT2D eigenvalue weighted by atomic mass is 35.5. The lowest BCUT2D eigenvalue weighted by Crippen LogP contribution is -2.36. The highest BCUT2D eigenvalue weighted by Gasteiger charge is 2.47. The Morgan fingerprint density at radius 3 is 2.70 bits per heavy atom. The van der Waals surface area contributed by atoms with Crippen LogP contribution in [-0.4, -0.2) is 16.8 Å². The van der Waals surface area contributed by atoms with Crippen molar-refractivity contribution in [3.05, 3.63) is 75.8 Å². The second-order valence-electron chi connectivity index (χ2n) is 7.22. The highest BCUT2D eigenvalue weighted by Crippen LogP contribution is 2.41. The molecule has 1 aliphatic heterocycles. The number of anilines is 1. The molecule has 2 N–H and O–H groups in total. The van der Waals surface area contributed by atoms with E-state index in [1.807, 2.05) is 24.3 Å². The van der Waals surface area contributed by atoms with Crippen LogP contribution in [0.3, 0.4) is 0 Å². The molecule has 0 spiro atoms. The van der Waals surface area contributed by atoms with Crippen LogP contribution in [0.25, 0.3) is 10.8 Å². The van der Waals surface area contributed by atoms with Crippen LogP contribution in [0, 0.1) is 0 Å². The van der Waals surface area contributed by atoms with Crippen molar-refractivity contribution in [3.8, 4) is 0 Å². The van der Waals surface area contributed by atoms with Gasteiger partial charge in [-0.05, 0) is 52.9 Å². The van der Waals surface area contributed by atoms with E-state index in [0.717, 1.165) is 23.6 Å². The molecule has 5 rings (SSSR count). The number of rotatable bonds is 3. The number of aliphatic hydroxyl groups is 1. The van der Waals surface area contributed by atoms with E-state index < -0.39 is 11.5 Å². The van der Waals surface area contributed by atoms with Gasteiger partial charge in [0.2, 0.25) is 0 Å².